The molecule has 2 rings (SSSR count). The number of halogens is 2. The maximum atomic E-state index is 12.3. The molecule has 2 amide bonds. The molecule has 6 heteroatoms. The summed E-state index contributed by atoms with van der Waals surface area (Å²) >= 11 is 12.2. The number of hydrogen-bond donors (Lipinski definition) is 1. The maximum Gasteiger partial charge on any atom is 0.226 e. The van der Waals surface area contributed by atoms with Crippen molar-refractivity contribution in [3.63, 3.8) is 0 Å². The highest BCUT2D eigenvalue weighted by Gasteiger charge is 2.15. The van der Waals surface area contributed by atoms with Crippen molar-refractivity contribution in [3.05, 3.63) is 57.6 Å². The molecule has 0 saturated heterocycles. The summed E-state index contributed by atoms with van der Waals surface area (Å²) in [5, 5.41) is 3.87. The first-order chi connectivity index (χ1) is 11.8. The van der Waals surface area contributed by atoms with Crippen LogP contribution in [0.4, 0.5) is 11.4 Å². The van der Waals surface area contributed by atoms with Gasteiger partial charge in [0.1, 0.15) is 0 Å². The largest absolute Gasteiger partial charge is 0.324 e. The average Bonchev–Trinajstić information content (AvgIpc) is 2.51. The first-order valence-electron chi connectivity index (χ1n) is 7.88. The number of benzene rings is 2. The molecule has 0 unspecified atom stereocenters. The highest BCUT2D eigenvalue weighted by atomic mass is 35.5. The summed E-state index contributed by atoms with van der Waals surface area (Å²) in [5.41, 5.74) is 3.20. The standard InChI is InChI=1S/C19H20Cl2N2O2/c1-12-9-13(2)19(17(21)10-12)22-18(25)7-8-23(14(3)24)16-6-4-5-15(20)11-16/h4-6,9-11H,7-8H2,1-3H3,(H,22,25). The van der Waals surface area contributed by atoms with Crippen molar-refractivity contribution < 1.29 is 9.59 Å². The lowest BCUT2D eigenvalue weighted by Gasteiger charge is -2.21. The minimum Gasteiger partial charge on any atom is -0.324 e. The smallest absolute Gasteiger partial charge is 0.226 e. The summed E-state index contributed by atoms with van der Waals surface area (Å²) in [5.74, 6) is -0.359. The van der Waals surface area contributed by atoms with E-state index >= 15 is 0 Å². The van der Waals surface area contributed by atoms with Crippen molar-refractivity contribution in [2.24, 2.45) is 0 Å². The van der Waals surface area contributed by atoms with E-state index in [0.717, 1.165) is 11.1 Å². The summed E-state index contributed by atoms with van der Waals surface area (Å²) in [7, 11) is 0. The molecule has 0 aliphatic heterocycles. The molecule has 0 radical (unpaired) electrons. The molecular formula is C19H20Cl2N2O2. The molecule has 2 aromatic carbocycles. The second kappa shape index (κ2) is 8.37. The molecule has 0 aliphatic rings. The predicted molar refractivity (Wildman–Crippen MR) is 104 cm³/mol. The molecule has 0 saturated carbocycles. The third-order valence-electron chi connectivity index (χ3n) is 3.76. The zero-order valence-corrected chi connectivity index (χ0v) is 15.9. The Bertz CT molecular complexity index is 783. The molecule has 0 bridgehead atoms. The summed E-state index contributed by atoms with van der Waals surface area (Å²) in [6, 6.07) is 10.7. The van der Waals surface area contributed by atoms with E-state index in [9.17, 15) is 9.59 Å². The minimum atomic E-state index is -0.206. The molecule has 132 valence electrons. The molecule has 0 spiro atoms. The lowest BCUT2D eigenvalue weighted by molar-refractivity contribution is -0.117. The van der Waals surface area contributed by atoms with Gasteiger partial charge in [0.05, 0.1) is 10.7 Å². The Balaban J connectivity index is 2.06. The van der Waals surface area contributed by atoms with Gasteiger partial charge in [0.15, 0.2) is 0 Å². The van der Waals surface area contributed by atoms with Crippen molar-refractivity contribution in [2.45, 2.75) is 27.2 Å². The van der Waals surface area contributed by atoms with Crippen LogP contribution in [0.1, 0.15) is 24.5 Å². The van der Waals surface area contributed by atoms with Crippen LogP contribution in [0.25, 0.3) is 0 Å². The van der Waals surface area contributed by atoms with E-state index in [4.69, 9.17) is 23.2 Å². The summed E-state index contributed by atoms with van der Waals surface area (Å²) < 4.78 is 0. The van der Waals surface area contributed by atoms with E-state index in [0.29, 0.717) is 21.4 Å². The highest BCUT2D eigenvalue weighted by Crippen LogP contribution is 2.27. The molecule has 1 N–H and O–H groups in total. The normalized spacial score (nSPS) is 10.4. The second-order valence-corrected chi connectivity index (χ2v) is 6.73. The Hall–Kier alpha value is -2.04. The van der Waals surface area contributed by atoms with Crippen LogP contribution in [0.3, 0.4) is 0 Å². The van der Waals surface area contributed by atoms with Gasteiger partial charge in [0.2, 0.25) is 11.8 Å². The molecule has 25 heavy (non-hydrogen) atoms. The number of nitrogens with one attached hydrogen (secondary N) is 1. The van der Waals surface area contributed by atoms with Crippen molar-refractivity contribution in [2.75, 3.05) is 16.8 Å². The van der Waals surface area contributed by atoms with Gasteiger partial charge in [-0.25, -0.2) is 0 Å². The topological polar surface area (TPSA) is 49.4 Å². The van der Waals surface area contributed by atoms with Gasteiger partial charge >= 0.3 is 0 Å². The number of anilines is 2. The van der Waals surface area contributed by atoms with Gasteiger partial charge in [-0.1, -0.05) is 35.3 Å². The number of rotatable bonds is 5. The van der Waals surface area contributed by atoms with Crippen LogP contribution in [-0.2, 0) is 9.59 Å². The fourth-order valence-electron chi connectivity index (χ4n) is 2.60. The first-order valence-corrected chi connectivity index (χ1v) is 8.64. The molecule has 0 aromatic heterocycles. The third-order valence-corrected chi connectivity index (χ3v) is 4.29. The zero-order valence-electron chi connectivity index (χ0n) is 14.4. The molecule has 2 aromatic rings. The number of carbonyl (C=O) groups excluding carboxylic acids is 2. The van der Waals surface area contributed by atoms with Crippen LogP contribution >= 0.6 is 23.2 Å². The lowest BCUT2D eigenvalue weighted by atomic mass is 10.1. The fraction of sp³-hybridized carbons (Fsp3) is 0.263. The Morgan fingerprint density at radius 1 is 1.12 bits per heavy atom. The lowest BCUT2D eigenvalue weighted by Crippen LogP contribution is -2.32. The minimum absolute atomic E-state index is 0.149. The second-order valence-electron chi connectivity index (χ2n) is 5.89. The van der Waals surface area contributed by atoms with Crippen LogP contribution in [0.5, 0.6) is 0 Å². The van der Waals surface area contributed by atoms with Gasteiger partial charge in [-0.3, -0.25) is 9.59 Å². The van der Waals surface area contributed by atoms with Crippen molar-refractivity contribution in [3.8, 4) is 0 Å². The van der Waals surface area contributed by atoms with Crippen molar-refractivity contribution >= 4 is 46.4 Å². The molecule has 0 heterocycles. The zero-order chi connectivity index (χ0) is 18.6. The Kier molecular flexibility index (Phi) is 6.45. The van der Waals surface area contributed by atoms with E-state index in [-0.39, 0.29) is 24.8 Å². The van der Waals surface area contributed by atoms with Crippen LogP contribution in [0.15, 0.2) is 36.4 Å². The first kappa shape index (κ1) is 19.3. The van der Waals surface area contributed by atoms with E-state index in [1.165, 1.54) is 11.8 Å². The van der Waals surface area contributed by atoms with Crippen LogP contribution in [0.2, 0.25) is 10.0 Å². The number of nitrogens with zero attached hydrogens (tertiary/aromatic N) is 1. The Labute approximate surface area is 157 Å². The Morgan fingerprint density at radius 3 is 2.44 bits per heavy atom. The summed E-state index contributed by atoms with van der Waals surface area (Å²) in [6.07, 6.45) is 0.149. The van der Waals surface area contributed by atoms with E-state index in [1.807, 2.05) is 19.9 Å². The van der Waals surface area contributed by atoms with Gasteiger partial charge in [-0.2, -0.15) is 0 Å². The molecule has 0 atom stereocenters. The van der Waals surface area contributed by atoms with Gasteiger partial charge in [-0.15, -0.1) is 0 Å². The third kappa shape index (κ3) is 5.21. The van der Waals surface area contributed by atoms with Gasteiger partial charge in [-0.05, 0) is 49.2 Å². The maximum absolute atomic E-state index is 12.3. The van der Waals surface area contributed by atoms with E-state index in [1.54, 1.807) is 30.3 Å². The quantitative estimate of drug-likeness (QED) is 0.796. The number of amides is 2. The SMILES string of the molecule is CC(=O)N(CCC(=O)Nc1c(C)cc(C)cc1Cl)c1cccc(Cl)c1. The predicted octanol–water partition coefficient (Wildman–Crippen LogP) is 4.99. The molecule has 0 fully saturated rings. The monoisotopic (exact) mass is 378 g/mol. The summed E-state index contributed by atoms with van der Waals surface area (Å²) in [6.45, 7) is 5.55. The number of carbonyl (C=O) groups is 2. The molecular weight excluding hydrogens is 359 g/mol. The van der Waals surface area contributed by atoms with Gasteiger partial charge < -0.3 is 10.2 Å². The molecule has 4 nitrogen and oxygen atoms in total. The van der Waals surface area contributed by atoms with Crippen LogP contribution < -0.4 is 10.2 Å². The van der Waals surface area contributed by atoms with E-state index in [2.05, 4.69) is 5.32 Å². The van der Waals surface area contributed by atoms with Gasteiger partial charge in [0, 0.05) is 30.6 Å². The van der Waals surface area contributed by atoms with Crippen molar-refractivity contribution in [1.82, 2.24) is 0 Å². The van der Waals surface area contributed by atoms with Crippen LogP contribution in [-0.4, -0.2) is 18.4 Å². The Morgan fingerprint density at radius 2 is 1.84 bits per heavy atom. The van der Waals surface area contributed by atoms with Gasteiger partial charge in [0.25, 0.3) is 0 Å². The number of aryl methyl sites for hydroxylation is 2. The van der Waals surface area contributed by atoms with Crippen LogP contribution in [0, 0.1) is 13.8 Å². The average molecular weight is 379 g/mol. The fourth-order valence-corrected chi connectivity index (χ4v) is 3.15. The van der Waals surface area contributed by atoms with E-state index < -0.39 is 0 Å². The molecule has 0 aliphatic carbocycles. The number of hydrogen-bond acceptors (Lipinski definition) is 2. The highest BCUT2D eigenvalue weighted by molar-refractivity contribution is 6.34. The summed E-state index contributed by atoms with van der Waals surface area (Å²) in [4.78, 5) is 25.7. The van der Waals surface area contributed by atoms with Crippen molar-refractivity contribution in [1.29, 1.82) is 0 Å².